The lowest BCUT2D eigenvalue weighted by Gasteiger charge is -2.15. The predicted molar refractivity (Wildman–Crippen MR) is 89.7 cm³/mol. The Morgan fingerprint density at radius 3 is 2.71 bits per heavy atom. The van der Waals surface area contributed by atoms with Crippen LogP contribution in [0.3, 0.4) is 0 Å². The number of benzene rings is 2. The van der Waals surface area contributed by atoms with Crippen LogP contribution >= 0.6 is 11.8 Å². The lowest BCUT2D eigenvalue weighted by Crippen LogP contribution is -2.90. The molecule has 6 heteroatoms. The molecule has 1 aliphatic rings. The van der Waals surface area contributed by atoms with E-state index in [2.05, 4.69) is 0 Å². The molecule has 3 rings (SSSR count). The molecule has 1 heterocycles. The fourth-order valence-electron chi connectivity index (χ4n) is 2.60. The van der Waals surface area contributed by atoms with Crippen molar-refractivity contribution in [2.24, 2.45) is 0 Å². The second-order valence-corrected chi connectivity index (χ2v) is 6.73. The number of hydrogen-bond donors (Lipinski definition) is 1. The van der Waals surface area contributed by atoms with Gasteiger partial charge in [-0.15, -0.1) is 0 Å². The number of rotatable bonds is 6. The van der Waals surface area contributed by atoms with E-state index in [0.29, 0.717) is 23.9 Å². The van der Waals surface area contributed by atoms with E-state index in [-0.39, 0.29) is 5.37 Å². The SMILES string of the molecule is COc1ccc([C@@H]2[NH2+][C@@H](C(=O)[O-])CS2)cc1OCc1ccccc1. The molecule has 126 valence electrons. The standard InChI is InChI=1S/C18H19NO4S/c1-22-15-8-7-13(17-19-14(11-24-17)18(20)21)9-16(15)23-10-12-5-3-2-4-6-12/h2-9,14,17,19H,10-11H2,1H3,(H,20,21)/t14-,17-/m1/s1. The number of hydrogen-bond acceptors (Lipinski definition) is 5. The van der Waals surface area contributed by atoms with Gasteiger partial charge in [0.25, 0.3) is 0 Å². The highest BCUT2D eigenvalue weighted by molar-refractivity contribution is 7.99. The maximum atomic E-state index is 11.0. The van der Waals surface area contributed by atoms with Crippen LogP contribution in [0.2, 0.25) is 0 Å². The lowest BCUT2D eigenvalue weighted by molar-refractivity contribution is -0.690. The predicted octanol–water partition coefficient (Wildman–Crippen LogP) is 0.702. The Kier molecular flexibility index (Phi) is 5.27. The van der Waals surface area contributed by atoms with E-state index in [1.54, 1.807) is 18.9 Å². The molecule has 1 aliphatic heterocycles. The number of carbonyl (C=O) groups excluding carboxylic acids is 1. The third-order valence-corrected chi connectivity index (χ3v) is 5.26. The summed E-state index contributed by atoms with van der Waals surface area (Å²) in [5, 5.41) is 12.9. The molecule has 2 N–H and O–H groups in total. The Hall–Kier alpha value is -2.18. The molecule has 24 heavy (non-hydrogen) atoms. The molecule has 0 bridgehead atoms. The van der Waals surface area contributed by atoms with Gasteiger partial charge in [0, 0.05) is 5.56 Å². The second kappa shape index (κ2) is 7.59. The number of carboxylic acid groups (broad SMARTS) is 1. The number of methoxy groups -OCH3 is 1. The van der Waals surface area contributed by atoms with Crippen molar-refractivity contribution in [2.45, 2.75) is 18.0 Å². The molecule has 2 aromatic carbocycles. The van der Waals surface area contributed by atoms with Crippen molar-refractivity contribution in [1.82, 2.24) is 0 Å². The number of thioether (sulfide) groups is 1. The van der Waals surface area contributed by atoms with Crippen LogP contribution in [0.25, 0.3) is 0 Å². The summed E-state index contributed by atoms with van der Waals surface area (Å²) in [5.74, 6) is 0.845. The first-order chi connectivity index (χ1) is 11.7. The third kappa shape index (κ3) is 3.83. The Morgan fingerprint density at radius 2 is 2.04 bits per heavy atom. The number of carboxylic acids is 1. The van der Waals surface area contributed by atoms with Crippen LogP contribution < -0.4 is 19.9 Å². The maximum Gasteiger partial charge on any atom is 0.162 e. The van der Waals surface area contributed by atoms with Crippen molar-refractivity contribution in [3.05, 3.63) is 59.7 Å². The van der Waals surface area contributed by atoms with Crippen LogP contribution in [-0.4, -0.2) is 24.9 Å². The zero-order chi connectivity index (χ0) is 16.9. The van der Waals surface area contributed by atoms with Gasteiger partial charge in [0.2, 0.25) is 0 Å². The Bertz CT molecular complexity index is 707. The minimum Gasteiger partial charge on any atom is -0.544 e. The van der Waals surface area contributed by atoms with Gasteiger partial charge in [-0.3, -0.25) is 0 Å². The van der Waals surface area contributed by atoms with Crippen molar-refractivity contribution < 1.29 is 24.7 Å². The minimum atomic E-state index is -1.01. The number of nitrogens with two attached hydrogens (primary N) is 1. The van der Waals surface area contributed by atoms with Gasteiger partial charge in [-0.25, -0.2) is 0 Å². The Labute approximate surface area is 145 Å². The highest BCUT2D eigenvalue weighted by Gasteiger charge is 2.31. The molecule has 0 aromatic heterocycles. The highest BCUT2D eigenvalue weighted by Crippen LogP contribution is 2.34. The molecule has 0 unspecified atom stereocenters. The summed E-state index contributed by atoms with van der Waals surface area (Å²) in [4.78, 5) is 11.0. The Morgan fingerprint density at radius 1 is 1.25 bits per heavy atom. The van der Waals surface area contributed by atoms with Gasteiger partial charge in [0.1, 0.15) is 18.6 Å². The maximum absolute atomic E-state index is 11.0. The van der Waals surface area contributed by atoms with Crippen molar-refractivity contribution in [3.63, 3.8) is 0 Å². The second-order valence-electron chi connectivity index (χ2n) is 5.56. The van der Waals surface area contributed by atoms with Crippen molar-refractivity contribution >= 4 is 17.7 Å². The molecule has 0 aliphatic carbocycles. The summed E-state index contributed by atoms with van der Waals surface area (Å²) >= 11 is 1.60. The summed E-state index contributed by atoms with van der Waals surface area (Å²) in [6.45, 7) is 0.448. The summed E-state index contributed by atoms with van der Waals surface area (Å²) < 4.78 is 11.3. The number of aliphatic carboxylic acids is 1. The molecule has 2 atom stereocenters. The molecule has 0 saturated carbocycles. The van der Waals surface area contributed by atoms with Gasteiger partial charge in [0.05, 0.1) is 12.9 Å². The summed E-state index contributed by atoms with van der Waals surface area (Å²) in [5.41, 5.74) is 2.08. The normalized spacial score (nSPS) is 19.9. The molecule has 5 nitrogen and oxygen atoms in total. The van der Waals surface area contributed by atoms with Crippen LogP contribution in [0, 0.1) is 0 Å². The average molecular weight is 345 g/mol. The van der Waals surface area contributed by atoms with Crippen LogP contribution in [0.1, 0.15) is 16.5 Å². The van der Waals surface area contributed by atoms with Gasteiger partial charge in [-0.1, -0.05) is 42.1 Å². The first kappa shape index (κ1) is 16.7. The van der Waals surface area contributed by atoms with E-state index < -0.39 is 12.0 Å². The van der Waals surface area contributed by atoms with E-state index in [4.69, 9.17) is 9.47 Å². The quantitative estimate of drug-likeness (QED) is 0.834. The van der Waals surface area contributed by atoms with Crippen molar-refractivity contribution in [2.75, 3.05) is 12.9 Å². The summed E-state index contributed by atoms with van der Waals surface area (Å²) in [7, 11) is 1.60. The van der Waals surface area contributed by atoms with Crippen molar-refractivity contribution in [3.8, 4) is 11.5 Å². The molecule has 0 spiro atoms. The molecule has 2 aromatic rings. The van der Waals surface area contributed by atoms with Gasteiger partial charge >= 0.3 is 0 Å². The van der Waals surface area contributed by atoms with Crippen LogP contribution in [-0.2, 0) is 11.4 Å². The van der Waals surface area contributed by atoms with E-state index in [1.165, 1.54) is 0 Å². The molecular formula is C18H19NO4S. The van der Waals surface area contributed by atoms with Crippen LogP contribution in [0.4, 0.5) is 0 Å². The number of carbonyl (C=O) groups is 1. The van der Waals surface area contributed by atoms with E-state index in [1.807, 2.05) is 53.8 Å². The average Bonchev–Trinajstić information content (AvgIpc) is 3.11. The first-order valence-corrected chi connectivity index (χ1v) is 8.74. The van der Waals surface area contributed by atoms with Crippen LogP contribution in [0.15, 0.2) is 48.5 Å². The molecule has 0 radical (unpaired) electrons. The zero-order valence-corrected chi connectivity index (χ0v) is 14.1. The summed E-state index contributed by atoms with van der Waals surface area (Å²) in [6, 6.07) is 15.1. The van der Waals surface area contributed by atoms with Gasteiger partial charge in [0.15, 0.2) is 16.9 Å². The van der Waals surface area contributed by atoms with E-state index >= 15 is 0 Å². The van der Waals surface area contributed by atoms with E-state index in [0.717, 1.165) is 11.1 Å². The van der Waals surface area contributed by atoms with Crippen LogP contribution in [0.5, 0.6) is 11.5 Å². The fourth-order valence-corrected chi connectivity index (χ4v) is 3.90. The molecule has 1 fully saturated rings. The minimum absolute atomic E-state index is 0.0258. The van der Waals surface area contributed by atoms with Crippen molar-refractivity contribution in [1.29, 1.82) is 0 Å². The first-order valence-electron chi connectivity index (χ1n) is 7.69. The molecule has 0 amide bonds. The Balaban J connectivity index is 1.74. The lowest BCUT2D eigenvalue weighted by atomic mass is 10.2. The van der Waals surface area contributed by atoms with Gasteiger partial charge < -0.3 is 24.7 Å². The number of quaternary nitrogens is 1. The fraction of sp³-hybridized carbons (Fsp3) is 0.278. The molecule has 1 saturated heterocycles. The monoisotopic (exact) mass is 345 g/mol. The zero-order valence-electron chi connectivity index (χ0n) is 13.3. The van der Waals surface area contributed by atoms with Gasteiger partial charge in [-0.05, 0) is 23.8 Å². The summed E-state index contributed by atoms with van der Waals surface area (Å²) in [6.07, 6.45) is 0. The third-order valence-electron chi connectivity index (χ3n) is 3.92. The molecular weight excluding hydrogens is 326 g/mol. The topological polar surface area (TPSA) is 75.2 Å². The highest BCUT2D eigenvalue weighted by atomic mass is 32.2. The largest absolute Gasteiger partial charge is 0.544 e. The van der Waals surface area contributed by atoms with Gasteiger partial charge in [-0.2, -0.15) is 0 Å². The number of ether oxygens (including phenoxy) is 2. The van der Waals surface area contributed by atoms with E-state index in [9.17, 15) is 9.90 Å². The smallest absolute Gasteiger partial charge is 0.162 e.